The van der Waals surface area contributed by atoms with Crippen LogP contribution in [0.4, 0.5) is 0 Å². The highest BCUT2D eigenvalue weighted by molar-refractivity contribution is 7.99. The fourth-order valence-corrected chi connectivity index (χ4v) is 2.58. The average molecular weight is 280 g/mol. The van der Waals surface area contributed by atoms with Crippen LogP contribution in [0.25, 0.3) is 11.0 Å². The molecule has 0 bridgehead atoms. The number of benzene rings is 1. The standard InChI is InChI=1S/C13H16N2O3S/c1-18-7-6-15-11-5-3-2-4-10(11)14-12(15)8-19-9-13(16)17/h2-5H,6-9H2,1H3,(H,16,17). The second-order valence-electron chi connectivity index (χ2n) is 4.05. The molecule has 2 rings (SSSR count). The van der Waals surface area contributed by atoms with Gasteiger partial charge in [0.25, 0.3) is 0 Å². The van der Waals surface area contributed by atoms with Gasteiger partial charge in [0.05, 0.1) is 29.1 Å². The molecule has 0 atom stereocenters. The lowest BCUT2D eigenvalue weighted by Crippen LogP contribution is -2.08. The average Bonchev–Trinajstić information content (AvgIpc) is 2.74. The Balaban J connectivity index is 2.22. The van der Waals surface area contributed by atoms with Crippen molar-refractivity contribution in [3.05, 3.63) is 30.1 Å². The zero-order valence-corrected chi connectivity index (χ0v) is 11.5. The molecule has 1 aromatic carbocycles. The van der Waals surface area contributed by atoms with E-state index in [1.54, 1.807) is 7.11 Å². The molecular formula is C13H16N2O3S. The maximum absolute atomic E-state index is 10.6. The van der Waals surface area contributed by atoms with Crippen molar-refractivity contribution in [1.82, 2.24) is 9.55 Å². The van der Waals surface area contributed by atoms with E-state index in [2.05, 4.69) is 9.55 Å². The Morgan fingerprint density at radius 2 is 2.26 bits per heavy atom. The highest BCUT2D eigenvalue weighted by Crippen LogP contribution is 2.19. The molecule has 0 saturated carbocycles. The van der Waals surface area contributed by atoms with Crippen molar-refractivity contribution in [1.29, 1.82) is 0 Å². The summed E-state index contributed by atoms with van der Waals surface area (Å²) in [5, 5.41) is 8.67. The van der Waals surface area contributed by atoms with Crippen LogP contribution in [-0.2, 0) is 21.8 Å². The SMILES string of the molecule is COCCn1c(CSCC(=O)O)nc2ccccc21. The van der Waals surface area contributed by atoms with Crippen molar-refractivity contribution >= 4 is 28.8 Å². The summed E-state index contributed by atoms with van der Waals surface area (Å²) in [7, 11) is 1.66. The molecule has 1 heterocycles. The van der Waals surface area contributed by atoms with Crippen LogP contribution >= 0.6 is 11.8 Å². The summed E-state index contributed by atoms with van der Waals surface area (Å²) in [5.74, 6) is 0.770. The first kappa shape index (κ1) is 13.9. The highest BCUT2D eigenvalue weighted by atomic mass is 32.2. The van der Waals surface area contributed by atoms with E-state index in [0.717, 1.165) is 23.4 Å². The summed E-state index contributed by atoms with van der Waals surface area (Å²) < 4.78 is 7.20. The summed E-state index contributed by atoms with van der Waals surface area (Å²) in [6.45, 7) is 1.33. The van der Waals surface area contributed by atoms with E-state index in [4.69, 9.17) is 9.84 Å². The van der Waals surface area contributed by atoms with E-state index in [1.807, 2.05) is 24.3 Å². The normalized spacial score (nSPS) is 11.0. The van der Waals surface area contributed by atoms with Crippen molar-refractivity contribution in [2.24, 2.45) is 0 Å². The lowest BCUT2D eigenvalue weighted by Gasteiger charge is -2.07. The predicted molar refractivity (Wildman–Crippen MR) is 75.4 cm³/mol. The van der Waals surface area contributed by atoms with Crippen molar-refractivity contribution in [3.63, 3.8) is 0 Å². The van der Waals surface area contributed by atoms with Crippen LogP contribution in [0, 0.1) is 0 Å². The number of hydrogen-bond acceptors (Lipinski definition) is 4. The number of hydrogen-bond donors (Lipinski definition) is 1. The van der Waals surface area contributed by atoms with Gasteiger partial charge in [-0.1, -0.05) is 12.1 Å². The number of carboxylic acids is 1. The molecular weight excluding hydrogens is 264 g/mol. The number of fused-ring (bicyclic) bond motifs is 1. The number of para-hydroxylation sites is 2. The largest absolute Gasteiger partial charge is 0.481 e. The first-order valence-electron chi connectivity index (χ1n) is 5.95. The van der Waals surface area contributed by atoms with Gasteiger partial charge in [0.1, 0.15) is 5.82 Å². The van der Waals surface area contributed by atoms with Gasteiger partial charge in [-0.05, 0) is 12.1 Å². The van der Waals surface area contributed by atoms with Gasteiger partial charge in [0.2, 0.25) is 0 Å². The van der Waals surface area contributed by atoms with Crippen LogP contribution in [-0.4, -0.2) is 40.1 Å². The van der Waals surface area contributed by atoms with Crippen molar-refractivity contribution in [2.45, 2.75) is 12.3 Å². The Labute approximate surface area is 115 Å². The Hall–Kier alpha value is -1.53. The van der Waals surface area contributed by atoms with Crippen LogP contribution in [0.3, 0.4) is 0 Å². The van der Waals surface area contributed by atoms with Crippen molar-refractivity contribution < 1.29 is 14.6 Å². The Morgan fingerprint density at radius 3 is 3.00 bits per heavy atom. The van der Waals surface area contributed by atoms with Crippen molar-refractivity contribution in [2.75, 3.05) is 19.5 Å². The van der Waals surface area contributed by atoms with Crippen molar-refractivity contribution in [3.8, 4) is 0 Å². The molecule has 6 heteroatoms. The zero-order valence-electron chi connectivity index (χ0n) is 10.7. The Morgan fingerprint density at radius 1 is 1.47 bits per heavy atom. The number of carbonyl (C=O) groups is 1. The Kier molecular flexibility index (Phi) is 4.81. The third-order valence-electron chi connectivity index (χ3n) is 2.71. The van der Waals surface area contributed by atoms with Gasteiger partial charge in [-0.25, -0.2) is 4.98 Å². The number of rotatable bonds is 7. The lowest BCUT2D eigenvalue weighted by molar-refractivity contribution is -0.133. The number of thioether (sulfide) groups is 1. The maximum Gasteiger partial charge on any atom is 0.313 e. The second kappa shape index (κ2) is 6.58. The highest BCUT2D eigenvalue weighted by Gasteiger charge is 2.10. The molecule has 0 saturated heterocycles. The van der Waals surface area contributed by atoms with E-state index >= 15 is 0 Å². The number of imidazole rings is 1. The van der Waals surface area contributed by atoms with Crippen LogP contribution in [0.1, 0.15) is 5.82 Å². The van der Waals surface area contributed by atoms with Crippen LogP contribution in [0.5, 0.6) is 0 Å². The summed E-state index contributed by atoms with van der Waals surface area (Å²) in [6.07, 6.45) is 0. The molecule has 0 aliphatic heterocycles. The van der Waals surface area contributed by atoms with Gasteiger partial charge < -0.3 is 14.4 Å². The fraction of sp³-hybridized carbons (Fsp3) is 0.385. The molecule has 1 aromatic heterocycles. The quantitative estimate of drug-likeness (QED) is 0.840. The summed E-state index contributed by atoms with van der Waals surface area (Å²) in [5.41, 5.74) is 2.00. The van der Waals surface area contributed by atoms with E-state index in [0.29, 0.717) is 12.4 Å². The molecule has 5 nitrogen and oxygen atoms in total. The van der Waals surface area contributed by atoms with Gasteiger partial charge in [0.15, 0.2) is 0 Å². The topological polar surface area (TPSA) is 64.3 Å². The minimum absolute atomic E-state index is 0.0908. The number of carboxylic acid groups (broad SMARTS) is 1. The molecule has 0 aliphatic carbocycles. The van der Waals surface area contributed by atoms with Crippen LogP contribution in [0.2, 0.25) is 0 Å². The zero-order chi connectivity index (χ0) is 13.7. The molecule has 0 fully saturated rings. The van der Waals surface area contributed by atoms with Gasteiger partial charge in [0, 0.05) is 13.7 Å². The number of methoxy groups -OCH3 is 1. The lowest BCUT2D eigenvalue weighted by atomic mass is 10.3. The number of aromatic nitrogens is 2. The third-order valence-corrected chi connectivity index (χ3v) is 3.62. The van der Waals surface area contributed by atoms with E-state index in [-0.39, 0.29) is 5.75 Å². The molecule has 1 N–H and O–H groups in total. The monoisotopic (exact) mass is 280 g/mol. The van der Waals surface area contributed by atoms with Gasteiger partial charge in [-0.2, -0.15) is 0 Å². The third kappa shape index (κ3) is 3.48. The Bertz CT molecular complexity index is 568. The smallest absolute Gasteiger partial charge is 0.313 e. The summed E-state index contributed by atoms with van der Waals surface area (Å²) >= 11 is 1.35. The molecule has 0 spiro atoms. The molecule has 102 valence electrons. The number of aliphatic carboxylic acids is 1. The fourth-order valence-electron chi connectivity index (χ4n) is 1.90. The first-order valence-corrected chi connectivity index (χ1v) is 7.10. The minimum Gasteiger partial charge on any atom is -0.481 e. The first-order chi connectivity index (χ1) is 9.22. The maximum atomic E-state index is 10.6. The van der Waals surface area contributed by atoms with E-state index in [1.165, 1.54) is 11.8 Å². The van der Waals surface area contributed by atoms with Gasteiger partial charge in [-0.3, -0.25) is 4.79 Å². The van der Waals surface area contributed by atoms with Gasteiger partial charge in [-0.15, -0.1) is 11.8 Å². The molecule has 0 amide bonds. The van der Waals surface area contributed by atoms with Crippen LogP contribution < -0.4 is 0 Å². The molecule has 0 aliphatic rings. The minimum atomic E-state index is -0.801. The molecule has 2 aromatic rings. The predicted octanol–water partition coefficient (Wildman–Crippen LogP) is 2.00. The number of nitrogens with zero attached hydrogens (tertiary/aromatic N) is 2. The summed E-state index contributed by atoms with van der Waals surface area (Å²) in [4.78, 5) is 15.1. The second-order valence-corrected chi connectivity index (χ2v) is 5.03. The van der Waals surface area contributed by atoms with E-state index < -0.39 is 5.97 Å². The summed E-state index contributed by atoms with van der Waals surface area (Å²) in [6, 6.07) is 7.90. The molecule has 19 heavy (non-hydrogen) atoms. The number of ether oxygens (including phenoxy) is 1. The van der Waals surface area contributed by atoms with E-state index in [9.17, 15) is 4.79 Å². The molecule has 0 unspecified atom stereocenters. The molecule has 0 radical (unpaired) electrons. The van der Waals surface area contributed by atoms with Gasteiger partial charge >= 0.3 is 5.97 Å². The van der Waals surface area contributed by atoms with Crippen LogP contribution in [0.15, 0.2) is 24.3 Å².